The Balaban J connectivity index is 1.88. The molecule has 1 heterocycles. The molecule has 0 bridgehead atoms. The first kappa shape index (κ1) is 14.9. The van der Waals surface area contributed by atoms with Crippen LogP contribution in [0.5, 0.6) is 0 Å². The maximum Gasteiger partial charge on any atom is 0.0775 e. The van der Waals surface area contributed by atoms with Crippen LogP contribution in [0, 0.1) is 6.92 Å². The lowest BCUT2D eigenvalue weighted by molar-refractivity contribution is 0.678. The van der Waals surface area contributed by atoms with Gasteiger partial charge in [0.15, 0.2) is 0 Å². The van der Waals surface area contributed by atoms with Crippen LogP contribution in [0.2, 0.25) is 19.6 Å². The summed E-state index contributed by atoms with van der Waals surface area (Å²) in [5.41, 5.74) is 3.51. The second-order valence-electron chi connectivity index (χ2n) is 6.32. The molecule has 3 heteroatoms. The van der Waals surface area contributed by atoms with Crippen LogP contribution in [0.4, 0.5) is 0 Å². The number of hydrogen-bond donors (Lipinski definition) is 1. The summed E-state index contributed by atoms with van der Waals surface area (Å²) >= 11 is 0. The Morgan fingerprint density at radius 3 is 2.25 bits per heavy atom. The van der Waals surface area contributed by atoms with E-state index in [1.807, 2.05) is 13.0 Å². The second-order valence-corrected chi connectivity index (χ2v) is 11.4. The molecular formula is C17H24N2Si. The van der Waals surface area contributed by atoms with E-state index >= 15 is 0 Å². The Hall–Kier alpha value is -1.45. The number of nitrogens with zero attached hydrogens (tertiary/aromatic N) is 1. The minimum absolute atomic E-state index is 0.817. The normalized spacial score (nSPS) is 11.6. The highest BCUT2D eigenvalue weighted by molar-refractivity contribution is 6.88. The molecular weight excluding hydrogens is 260 g/mol. The molecule has 2 rings (SSSR count). The minimum atomic E-state index is -1.18. The van der Waals surface area contributed by atoms with E-state index in [0.717, 1.165) is 24.5 Å². The van der Waals surface area contributed by atoms with Crippen molar-refractivity contribution in [2.45, 2.75) is 39.7 Å². The number of hydrogen-bond acceptors (Lipinski definition) is 2. The van der Waals surface area contributed by atoms with Gasteiger partial charge in [0.25, 0.3) is 0 Å². The molecule has 0 aliphatic heterocycles. The highest BCUT2D eigenvalue weighted by atomic mass is 28.3. The van der Waals surface area contributed by atoms with Crippen molar-refractivity contribution in [3.63, 3.8) is 0 Å². The maximum absolute atomic E-state index is 4.49. The van der Waals surface area contributed by atoms with E-state index in [4.69, 9.17) is 0 Å². The largest absolute Gasteiger partial charge is 0.307 e. The molecule has 0 spiro atoms. The van der Waals surface area contributed by atoms with Gasteiger partial charge in [-0.25, -0.2) is 0 Å². The Kier molecular flexibility index (Phi) is 4.73. The average molecular weight is 284 g/mol. The van der Waals surface area contributed by atoms with Gasteiger partial charge >= 0.3 is 0 Å². The molecule has 0 amide bonds. The average Bonchev–Trinajstić information content (AvgIpc) is 2.38. The van der Waals surface area contributed by atoms with Crippen LogP contribution in [0.15, 0.2) is 42.5 Å². The molecule has 0 aliphatic carbocycles. The summed E-state index contributed by atoms with van der Waals surface area (Å²) in [6, 6.07) is 15.2. The summed E-state index contributed by atoms with van der Waals surface area (Å²) in [5, 5.41) is 4.97. The molecule has 0 atom stereocenters. The van der Waals surface area contributed by atoms with Gasteiger partial charge in [-0.05, 0) is 24.6 Å². The van der Waals surface area contributed by atoms with Crippen LogP contribution in [0.25, 0.3) is 0 Å². The lowest BCUT2D eigenvalue weighted by Gasteiger charge is -2.16. The van der Waals surface area contributed by atoms with Crippen molar-refractivity contribution < 1.29 is 0 Å². The molecule has 0 aliphatic rings. The van der Waals surface area contributed by atoms with E-state index in [2.05, 4.69) is 66.3 Å². The summed E-state index contributed by atoms with van der Waals surface area (Å²) in [6.45, 7) is 10.9. The molecule has 20 heavy (non-hydrogen) atoms. The summed E-state index contributed by atoms with van der Waals surface area (Å²) in [7, 11) is -1.18. The van der Waals surface area contributed by atoms with E-state index in [1.54, 1.807) is 0 Å². The molecule has 1 aromatic carbocycles. The minimum Gasteiger partial charge on any atom is -0.307 e. The topological polar surface area (TPSA) is 24.9 Å². The van der Waals surface area contributed by atoms with Gasteiger partial charge in [0, 0.05) is 18.8 Å². The van der Waals surface area contributed by atoms with Crippen LogP contribution in [0.3, 0.4) is 0 Å². The number of rotatable bonds is 5. The Morgan fingerprint density at radius 1 is 0.950 bits per heavy atom. The Morgan fingerprint density at radius 2 is 1.65 bits per heavy atom. The van der Waals surface area contributed by atoms with Gasteiger partial charge in [-0.15, -0.1) is 0 Å². The van der Waals surface area contributed by atoms with E-state index < -0.39 is 8.07 Å². The molecule has 0 fully saturated rings. The van der Waals surface area contributed by atoms with Crippen LogP contribution < -0.4 is 10.5 Å². The zero-order valence-corrected chi connectivity index (χ0v) is 13.9. The lowest BCUT2D eigenvalue weighted by atomic mass is 10.2. The standard InChI is InChI=1S/C17H24N2Si/c1-14-6-5-7-16(19-14)13-18-12-15-8-10-17(11-9-15)20(2,3)4/h5-11,18H,12-13H2,1-4H3. The molecule has 0 saturated heterocycles. The molecule has 106 valence electrons. The maximum atomic E-state index is 4.49. The highest BCUT2D eigenvalue weighted by Crippen LogP contribution is 2.05. The van der Waals surface area contributed by atoms with Crippen LogP contribution >= 0.6 is 0 Å². The van der Waals surface area contributed by atoms with E-state index in [1.165, 1.54) is 10.8 Å². The van der Waals surface area contributed by atoms with Gasteiger partial charge in [-0.2, -0.15) is 0 Å². The molecule has 2 aromatic rings. The molecule has 0 saturated carbocycles. The Bertz CT molecular complexity index is 556. The predicted molar refractivity (Wildman–Crippen MR) is 88.9 cm³/mol. The van der Waals surface area contributed by atoms with Crippen molar-refractivity contribution in [2.24, 2.45) is 0 Å². The van der Waals surface area contributed by atoms with Gasteiger partial charge in [0.2, 0.25) is 0 Å². The van der Waals surface area contributed by atoms with Crippen LogP contribution in [-0.2, 0) is 13.1 Å². The zero-order chi connectivity index (χ0) is 14.6. The quantitative estimate of drug-likeness (QED) is 0.853. The number of nitrogens with one attached hydrogen (secondary N) is 1. The van der Waals surface area contributed by atoms with Gasteiger partial charge in [-0.1, -0.05) is 55.2 Å². The van der Waals surface area contributed by atoms with Crippen LogP contribution in [-0.4, -0.2) is 13.1 Å². The molecule has 2 nitrogen and oxygen atoms in total. The summed E-state index contributed by atoms with van der Waals surface area (Å²) in [6.07, 6.45) is 0. The number of aryl methyl sites for hydroxylation is 1. The van der Waals surface area contributed by atoms with Gasteiger partial charge < -0.3 is 5.32 Å². The van der Waals surface area contributed by atoms with E-state index in [9.17, 15) is 0 Å². The lowest BCUT2D eigenvalue weighted by Crippen LogP contribution is -2.37. The van der Waals surface area contributed by atoms with Crippen molar-refractivity contribution in [1.29, 1.82) is 0 Å². The first-order valence-corrected chi connectivity index (χ1v) is 10.7. The summed E-state index contributed by atoms with van der Waals surface area (Å²) in [4.78, 5) is 4.49. The number of aromatic nitrogens is 1. The van der Waals surface area contributed by atoms with Gasteiger partial charge in [0.1, 0.15) is 0 Å². The fourth-order valence-electron chi connectivity index (χ4n) is 2.16. The number of benzene rings is 1. The first-order chi connectivity index (χ1) is 9.45. The molecule has 1 N–H and O–H groups in total. The van der Waals surface area contributed by atoms with Crippen molar-refractivity contribution in [2.75, 3.05) is 0 Å². The monoisotopic (exact) mass is 284 g/mol. The van der Waals surface area contributed by atoms with Crippen LogP contribution in [0.1, 0.15) is 17.0 Å². The highest BCUT2D eigenvalue weighted by Gasteiger charge is 2.15. The second kappa shape index (κ2) is 6.33. The zero-order valence-electron chi connectivity index (χ0n) is 12.9. The SMILES string of the molecule is Cc1cccc(CNCc2ccc([Si](C)(C)C)cc2)n1. The fraction of sp³-hybridized carbons (Fsp3) is 0.353. The number of pyridine rings is 1. The van der Waals surface area contributed by atoms with Crippen molar-refractivity contribution in [3.05, 3.63) is 59.4 Å². The third kappa shape index (κ3) is 4.29. The Labute approximate surface area is 123 Å². The van der Waals surface area contributed by atoms with Gasteiger partial charge in [0.05, 0.1) is 13.8 Å². The smallest absolute Gasteiger partial charge is 0.0775 e. The van der Waals surface area contributed by atoms with Gasteiger partial charge in [-0.3, -0.25) is 4.98 Å². The fourth-order valence-corrected chi connectivity index (χ4v) is 3.32. The predicted octanol–water partition coefficient (Wildman–Crippen LogP) is 3.23. The van der Waals surface area contributed by atoms with Crippen molar-refractivity contribution in [1.82, 2.24) is 10.3 Å². The molecule has 0 radical (unpaired) electrons. The third-order valence-electron chi connectivity index (χ3n) is 3.40. The third-order valence-corrected chi connectivity index (χ3v) is 5.47. The summed E-state index contributed by atoms with van der Waals surface area (Å²) < 4.78 is 0. The first-order valence-electron chi connectivity index (χ1n) is 7.18. The van der Waals surface area contributed by atoms with Crippen molar-refractivity contribution in [3.8, 4) is 0 Å². The molecule has 0 unspecified atom stereocenters. The molecule has 1 aromatic heterocycles. The van der Waals surface area contributed by atoms with E-state index in [-0.39, 0.29) is 0 Å². The van der Waals surface area contributed by atoms with E-state index in [0.29, 0.717) is 0 Å². The summed E-state index contributed by atoms with van der Waals surface area (Å²) in [5.74, 6) is 0. The van der Waals surface area contributed by atoms with Crippen molar-refractivity contribution >= 4 is 13.3 Å².